The summed E-state index contributed by atoms with van der Waals surface area (Å²) in [5.41, 5.74) is 1.71. The molecule has 11 heavy (non-hydrogen) atoms. The van der Waals surface area contributed by atoms with Crippen LogP contribution in [0.15, 0.2) is 0 Å². The minimum atomic E-state index is 0.757. The Morgan fingerprint density at radius 3 is 2.00 bits per heavy atom. The Hall–Kier alpha value is 0.350. The minimum absolute atomic E-state index is 0.757. The third-order valence-electron chi connectivity index (χ3n) is 4.25. The molecule has 0 unspecified atom stereocenters. The van der Waals surface area contributed by atoms with Gasteiger partial charge in [0.2, 0.25) is 0 Å². The molecule has 0 N–H and O–H groups in total. The predicted molar refractivity (Wildman–Crippen MR) is 50.0 cm³/mol. The molecule has 0 aliphatic heterocycles. The molecule has 0 heterocycles. The Morgan fingerprint density at radius 2 is 1.64 bits per heavy atom. The van der Waals surface area contributed by atoms with E-state index in [4.69, 9.17) is 0 Å². The third-order valence-corrected chi connectivity index (χ3v) is 4.62. The van der Waals surface area contributed by atoms with Gasteiger partial charge in [-0.15, -0.1) is 0 Å². The molecule has 0 radical (unpaired) electrons. The fraction of sp³-hybridized carbons (Fsp3) is 1.00. The molecule has 62 valence electrons. The standard InChI is InChI=1S/C10H16S/c11-8-4-10(5-8)6-9(7-10)2-1-3-9/h8,11H,1-7H2. The first-order valence-corrected chi connectivity index (χ1v) is 5.42. The summed E-state index contributed by atoms with van der Waals surface area (Å²) in [6.45, 7) is 0. The Kier molecular flexibility index (Phi) is 1.12. The van der Waals surface area contributed by atoms with Crippen LogP contribution in [0.1, 0.15) is 44.9 Å². The van der Waals surface area contributed by atoms with Gasteiger partial charge in [-0.1, -0.05) is 6.42 Å². The van der Waals surface area contributed by atoms with Gasteiger partial charge in [0.1, 0.15) is 0 Å². The fourth-order valence-electron chi connectivity index (χ4n) is 3.80. The lowest BCUT2D eigenvalue weighted by Gasteiger charge is -2.66. The molecule has 3 fully saturated rings. The van der Waals surface area contributed by atoms with Gasteiger partial charge in [-0.2, -0.15) is 12.6 Å². The van der Waals surface area contributed by atoms with E-state index in [1.54, 1.807) is 25.7 Å². The highest BCUT2D eigenvalue weighted by Crippen LogP contribution is 2.71. The molecule has 0 aromatic heterocycles. The number of rotatable bonds is 0. The van der Waals surface area contributed by atoms with Gasteiger partial charge >= 0.3 is 0 Å². The maximum absolute atomic E-state index is 4.49. The number of hydrogen-bond acceptors (Lipinski definition) is 1. The molecule has 0 nitrogen and oxygen atoms in total. The van der Waals surface area contributed by atoms with E-state index < -0.39 is 0 Å². The van der Waals surface area contributed by atoms with Crippen molar-refractivity contribution in [2.75, 3.05) is 0 Å². The van der Waals surface area contributed by atoms with Crippen molar-refractivity contribution in [3.63, 3.8) is 0 Å². The largest absolute Gasteiger partial charge is 0.176 e. The summed E-state index contributed by atoms with van der Waals surface area (Å²) >= 11 is 4.49. The molecule has 0 aromatic rings. The van der Waals surface area contributed by atoms with Crippen molar-refractivity contribution in [1.29, 1.82) is 0 Å². The van der Waals surface area contributed by atoms with Gasteiger partial charge in [0, 0.05) is 5.25 Å². The lowest BCUT2D eigenvalue weighted by Crippen LogP contribution is -2.56. The zero-order valence-corrected chi connectivity index (χ0v) is 7.87. The van der Waals surface area contributed by atoms with E-state index in [1.807, 2.05) is 0 Å². The highest BCUT2D eigenvalue weighted by atomic mass is 32.1. The van der Waals surface area contributed by atoms with Crippen molar-refractivity contribution >= 4 is 12.6 Å². The van der Waals surface area contributed by atoms with Crippen LogP contribution in [0.25, 0.3) is 0 Å². The second-order valence-electron chi connectivity index (χ2n) is 5.27. The van der Waals surface area contributed by atoms with E-state index in [2.05, 4.69) is 12.6 Å². The van der Waals surface area contributed by atoms with Crippen LogP contribution in [0.2, 0.25) is 0 Å². The summed E-state index contributed by atoms with van der Waals surface area (Å²) in [5.74, 6) is 0. The molecule has 0 saturated heterocycles. The van der Waals surface area contributed by atoms with Crippen molar-refractivity contribution in [1.82, 2.24) is 0 Å². The quantitative estimate of drug-likeness (QED) is 0.528. The van der Waals surface area contributed by atoms with Crippen molar-refractivity contribution in [2.45, 2.75) is 50.2 Å². The van der Waals surface area contributed by atoms with Gasteiger partial charge in [0.15, 0.2) is 0 Å². The fourth-order valence-corrected chi connectivity index (χ4v) is 4.57. The first-order chi connectivity index (χ1) is 5.22. The molecule has 0 bridgehead atoms. The summed E-state index contributed by atoms with van der Waals surface area (Å²) in [6.07, 6.45) is 10.6. The molecular formula is C10H16S. The zero-order chi connectivity index (χ0) is 7.53. The minimum Gasteiger partial charge on any atom is -0.176 e. The van der Waals surface area contributed by atoms with E-state index in [0.717, 1.165) is 16.1 Å². The lowest BCUT2D eigenvalue weighted by molar-refractivity contribution is -0.135. The van der Waals surface area contributed by atoms with Crippen molar-refractivity contribution in [2.24, 2.45) is 10.8 Å². The molecule has 3 aliphatic rings. The van der Waals surface area contributed by atoms with Gasteiger partial charge in [-0.25, -0.2) is 0 Å². The van der Waals surface area contributed by atoms with Crippen LogP contribution in [0.5, 0.6) is 0 Å². The lowest BCUT2D eigenvalue weighted by atomic mass is 9.40. The van der Waals surface area contributed by atoms with E-state index >= 15 is 0 Å². The average Bonchev–Trinajstić information content (AvgIpc) is 1.69. The summed E-state index contributed by atoms with van der Waals surface area (Å²) in [4.78, 5) is 0. The Labute approximate surface area is 74.2 Å². The predicted octanol–water partition coefficient (Wildman–Crippen LogP) is 3.03. The van der Waals surface area contributed by atoms with E-state index in [-0.39, 0.29) is 0 Å². The molecule has 0 aromatic carbocycles. The van der Waals surface area contributed by atoms with E-state index in [1.165, 1.54) is 19.3 Å². The summed E-state index contributed by atoms with van der Waals surface area (Å²) in [7, 11) is 0. The molecule has 0 atom stereocenters. The average molecular weight is 168 g/mol. The summed E-state index contributed by atoms with van der Waals surface area (Å²) in [6, 6.07) is 0. The normalized spacial score (nSPS) is 37.9. The van der Waals surface area contributed by atoms with Crippen LogP contribution in [0.4, 0.5) is 0 Å². The van der Waals surface area contributed by atoms with Gasteiger partial charge in [-0.05, 0) is 49.4 Å². The van der Waals surface area contributed by atoms with Crippen molar-refractivity contribution < 1.29 is 0 Å². The summed E-state index contributed by atoms with van der Waals surface area (Å²) in [5, 5.41) is 0.757. The molecule has 0 amide bonds. The van der Waals surface area contributed by atoms with Crippen LogP contribution < -0.4 is 0 Å². The number of thiol groups is 1. The van der Waals surface area contributed by atoms with Crippen LogP contribution in [-0.4, -0.2) is 5.25 Å². The van der Waals surface area contributed by atoms with Gasteiger partial charge < -0.3 is 0 Å². The second-order valence-corrected chi connectivity index (χ2v) is 6.00. The van der Waals surface area contributed by atoms with Gasteiger partial charge in [0.25, 0.3) is 0 Å². The van der Waals surface area contributed by atoms with Crippen LogP contribution in [0, 0.1) is 10.8 Å². The molecule has 3 rings (SSSR count). The van der Waals surface area contributed by atoms with Crippen molar-refractivity contribution in [3.8, 4) is 0 Å². The smallest absolute Gasteiger partial charge is 0.00273 e. The van der Waals surface area contributed by atoms with Crippen molar-refractivity contribution in [3.05, 3.63) is 0 Å². The summed E-state index contributed by atoms with van der Waals surface area (Å²) < 4.78 is 0. The number of hydrogen-bond donors (Lipinski definition) is 1. The maximum atomic E-state index is 4.49. The Bertz CT molecular complexity index is 177. The molecule has 1 heteroatoms. The van der Waals surface area contributed by atoms with E-state index in [9.17, 15) is 0 Å². The molecule has 3 saturated carbocycles. The highest BCUT2D eigenvalue weighted by molar-refractivity contribution is 7.81. The molecule has 3 aliphatic carbocycles. The SMILES string of the molecule is SC1CC2(C1)CC1(CCC1)C2. The van der Waals surface area contributed by atoms with Crippen LogP contribution in [-0.2, 0) is 0 Å². The third kappa shape index (κ3) is 0.783. The van der Waals surface area contributed by atoms with Gasteiger partial charge in [0.05, 0.1) is 0 Å². The Balaban J connectivity index is 1.63. The highest BCUT2D eigenvalue weighted by Gasteiger charge is 2.60. The zero-order valence-electron chi connectivity index (χ0n) is 6.97. The Morgan fingerprint density at radius 1 is 1.00 bits per heavy atom. The first-order valence-electron chi connectivity index (χ1n) is 4.90. The maximum Gasteiger partial charge on any atom is 0.00273 e. The van der Waals surface area contributed by atoms with Crippen LogP contribution in [0.3, 0.4) is 0 Å². The monoisotopic (exact) mass is 168 g/mol. The van der Waals surface area contributed by atoms with E-state index in [0.29, 0.717) is 0 Å². The topological polar surface area (TPSA) is 0 Å². The molecule has 2 spiro atoms. The van der Waals surface area contributed by atoms with Gasteiger partial charge in [-0.3, -0.25) is 0 Å². The molecular weight excluding hydrogens is 152 g/mol. The first kappa shape index (κ1) is 6.82. The second kappa shape index (κ2) is 1.81. The van der Waals surface area contributed by atoms with Crippen LogP contribution >= 0.6 is 12.6 Å².